The first-order valence-corrected chi connectivity index (χ1v) is 9.02. The molecule has 4 rings (SSSR count). The van der Waals surface area contributed by atoms with Crippen molar-refractivity contribution in [2.24, 2.45) is 0 Å². The maximum atomic E-state index is 10.7. The Kier molecular flexibility index (Phi) is 4.14. The highest BCUT2D eigenvalue weighted by molar-refractivity contribution is 5.85. The standard InChI is InChI=1S/C19H27N3O/c1-12-18-15(14-9-5-6-10-16(14)22-18)11-17(20-12)19(23)21-13-7-3-2-4-8-13/h5-6,9-10,12-13,17,19-23H,2-4,7-8,11H2,1H3/t12?,17-,19?/m0/s1. The van der Waals surface area contributed by atoms with Crippen molar-refractivity contribution in [3.63, 3.8) is 0 Å². The molecule has 1 fully saturated rings. The number of aliphatic hydroxyl groups is 1. The smallest absolute Gasteiger partial charge is 0.120 e. The minimum Gasteiger partial charge on any atom is -0.377 e. The molecule has 2 aliphatic rings. The summed E-state index contributed by atoms with van der Waals surface area (Å²) in [5.41, 5.74) is 3.83. The Morgan fingerprint density at radius 2 is 1.96 bits per heavy atom. The van der Waals surface area contributed by atoms with Gasteiger partial charge in [0.1, 0.15) is 6.23 Å². The van der Waals surface area contributed by atoms with Crippen LogP contribution in [0, 0.1) is 0 Å². The molecule has 0 bridgehead atoms. The zero-order valence-corrected chi connectivity index (χ0v) is 13.8. The summed E-state index contributed by atoms with van der Waals surface area (Å²) in [7, 11) is 0. The van der Waals surface area contributed by atoms with Crippen molar-refractivity contribution < 1.29 is 5.11 Å². The minimum absolute atomic E-state index is 0.0682. The van der Waals surface area contributed by atoms with Crippen LogP contribution in [0.25, 0.3) is 10.9 Å². The first kappa shape index (κ1) is 15.2. The van der Waals surface area contributed by atoms with Gasteiger partial charge < -0.3 is 15.4 Å². The maximum absolute atomic E-state index is 10.7. The van der Waals surface area contributed by atoms with E-state index in [9.17, 15) is 5.11 Å². The molecule has 4 heteroatoms. The van der Waals surface area contributed by atoms with Crippen molar-refractivity contribution in [2.75, 3.05) is 0 Å². The first-order valence-electron chi connectivity index (χ1n) is 9.02. The molecule has 3 atom stereocenters. The average Bonchev–Trinajstić information content (AvgIpc) is 2.95. The SMILES string of the molecule is CC1N[C@H](C(O)NC2CCCCC2)Cc2c1[nH]c1ccccc21. The molecule has 4 nitrogen and oxygen atoms in total. The Morgan fingerprint density at radius 3 is 2.78 bits per heavy atom. The van der Waals surface area contributed by atoms with Gasteiger partial charge in [0.2, 0.25) is 0 Å². The highest BCUT2D eigenvalue weighted by Gasteiger charge is 2.31. The predicted molar refractivity (Wildman–Crippen MR) is 93.4 cm³/mol. The molecule has 124 valence electrons. The van der Waals surface area contributed by atoms with Crippen molar-refractivity contribution >= 4 is 10.9 Å². The number of aromatic amines is 1. The number of hydrogen-bond donors (Lipinski definition) is 4. The number of aliphatic hydroxyl groups excluding tert-OH is 1. The number of nitrogens with one attached hydrogen (secondary N) is 3. The molecule has 1 aliphatic carbocycles. The second kappa shape index (κ2) is 6.27. The lowest BCUT2D eigenvalue weighted by atomic mass is 9.92. The fourth-order valence-electron chi connectivity index (χ4n) is 4.32. The number of aromatic nitrogens is 1. The van der Waals surface area contributed by atoms with Crippen molar-refractivity contribution in [3.8, 4) is 0 Å². The fourth-order valence-corrected chi connectivity index (χ4v) is 4.32. The minimum atomic E-state index is -0.484. The van der Waals surface area contributed by atoms with Crippen LogP contribution < -0.4 is 10.6 Å². The topological polar surface area (TPSA) is 60.1 Å². The van der Waals surface area contributed by atoms with Gasteiger partial charge in [-0.05, 0) is 37.8 Å². The van der Waals surface area contributed by atoms with Crippen LogP contribution in [0.15, 0.2) is 24.3 Å². The van der Waals surface area contributed by atoms with Crippen LogP contribution in [0.4, 0.5) is 0 Å². The average molecular weight is 313 g/mol. The summed E-state index contributed by atoms with van der Waals surface area (Å²) < 4.78 is 0. The number of benzene rings is 1. The fraction of sp³-hybridized carbons (Fsp3) is 0.579. The van der Waals surface area contributed by atoms with Crippen LogP contribution in [0.1, 0.15) is 56.3 Å². The summed E-state index contributed by atoms with van der Waals surface area (Å²) in [6, 6.07) is 9.25. The van der Waals surface area contributed by atoms with Crippen LogP contribution in [-0.4, -0.2) is 28.4 Å². The summed E-state index contributed by atoms with van der Waals surface area (Å²) in [5.74, 6) is 0. The van der Waals surface area contributed by atoms with E-state index in [-0.39, 0.29) is 12.1 Å². The Labute approximate surface area is 137 Å². The van der Waals surface area contributed by atoms with Crippen LogP contribution >= 0.6 is 0 Å². The van der Waals surface area contributed by atoms with E-state index in [1.807, 2.05) is 0 Å². The molecule has 0 spiro atoms. The van der Waals surface area contributed by atoms with Gasteiger partial charge in [0.05, 0.1) is 6.04 Å². The molecule has 1 aliphatic heterocycles. The normalized spacial score (nSPS) is 27.0. The molecule has 2 aromatic rings. The molecular formula is C19H27N3O. The van der Waals surface area contributed by atoms with Crippen molar-refractivity contribution in [2.45, 2.75) is 69.8 Å². The molecule has 0 radical (unpaired) electrons. The summed E-state index contributed by atoms with van der Waals surface area (Å²) in [4.78, 5) is 3.54. The van der Waals surface area contributed by atoms with Gasteiger partial charge in [0.15, 0.2) is 0 Å². The second-order valence-corrected chi connectivity index (χ2v) is 7.21. The van der Waals surface area contributed by atoms with Gasteiger partial charge in [-0.15, -0.1) is 0 Å². The molecule has 23 heavy (non-hydrogen) atoms. The lowest BCUT2D eigenvalue weighted by Crippen LogP contribution is -2.54. The number of H-pyrrole nitrogens is 1. The van der Waals surface area contributed by atoms with Gasteiger partial charge in [-0.1, -0.05) is 37.5 Å². The largest absolute Gasteiger partial charge is 0.377 e. The number of hydrogen-bond acceptors (Lipinski definition) is 3. The van der Waals surface area contributed by atoms with E-state index < -0.39 is 6.23 Å². The maximum Gasteiger partial charge on any atom is 0.120 e. The highest BCUT2D eigenvalue weighted by atomic mass is 16.3. The van der Waals surface area contributed by atoms with E-state index in [0.717, 1.165) is 6.42 Å². The summed E-state index contributed by atoms with van der Waals surface area (Å²) in [5, 5.41) is 19.0. The van der Waals surface area contributed by atoms with E-state index in [1.54, 1.807) is 0 Å². The quantitative estimate of drug-likeness (QED) is 0.659. The lowest BCUT2D eigenvalue weighted by molar-refractivity contribution is 0.0671. The molecule has 1 aromatic heterocycles. The van der Waals surface area contributed by atoms with Gasteiger partial charge >= 0.3 is 0 Å². The van der Waals surface area contributed by atoms with Gasteiger partial charge in [0.25, 0.3) is 0 Å². The summed E-state index contributed by atoms with van der Waals surface area (Å²) in [6.07, 6.45) is 6.67. The van der Waals surface area contributed by atoms with E-state index in [1.165, 1.54) is 54.3 Å². The molecule has 4 N–H and O–H groups in total. The predicted octanol–water partition coefficient (Wildman–Crippen LogP) is 2.98. The van der Waals surface area contributed by atoms with E-state index in [4.69, 9.17) is 0 Å². The monoisotopic (exact) mass is 313 g/mol. The van der Waals surface area contributed by atoms with Crippen molar-refractivity contribution in [1.29, 1.82) is 0 Å². The number of fused-ring (bicyclic) bond motifs is 3. The lowest BCUT2D eigenvalue weighted by Gasteiger charge is -2.35. The molecule has 2 heterocycles. The van der Waals surface area contributed by atoms with E-state index in [2.05, 4.69) is 46.8 Å². The van der Waals surface area contributed by atoms with E-state index >= 15 is 0 Å². The zero-order chi connectivity index (χ0) is 15.8. The van der Waals surface area contributed by atoms with Gasteiger partial charge in [0, 0.05) is 28.7 Å². The molecular weight excluding hydrogens is 286 g/mol. The van der Waals surface area contributed by atoms with Crippen LogP contribution in [0.5, 0.6) is 0 Å². The summed E-state index contributed by atoms with van der Waals surface area (Å²) >= 11 is 0. The molecule has 0 saturated heterocycles. The summed E-state index contributed by atoms with van der Waals surface area (Å²) in [6.45, 7) is 2.17. The third kappa shape index (κ3) is 2.91. The number of para-hydroxylation sites is 1. The van der Waals surface area contributed by atoms with Crippen molar-refractivity contribution in [3.05, 3.63) is 35.5 Å². The van der Waals surface area contributed by atoms with Crippen molar-refractivity contribution in [1.82, 2.24) is 15.6 Å². The highest BCUT2D eigenvalue weighted by Crippen LogP contribution is 2.32. The third-order valence-corrected chi connectivity index (χ3v) is 5.56. The second-order valence-electron chi connectivity index (χ2n) is 7.21. The molecule has 2 unspecified atom stereocenters. The van der Waals surface area contributed by atoms with Gasteiger partial charge in [-0.3, -0.25) is 5.32 Å². The van der Waals surface area contributed by atoms with Gasteiger partial charge in [-0.25, -0.2) is 0 Å². The van der Waals surface area contributed by atoms with Crippen LogP contribution in [0.2, 0.25) is 0 Å². The Bertz CT molecular complexity index is 674. The Morgan fingerprint density at radius 1 is 1.17 bits per heavy atom. The third-order valence-electron chi connectivity index (χ3n) is 5.56. The van der Waals surface area contributed by atoms with E-state index in [0.29, 0.717) is 6.04 Å². The zero-order valence-electron chi connectivity index (χ0n) is 13.8. The molecule has 0 amide bonds. The first-order chi connectivity index (χ1) is 11.2. The molecule has 1 saturated carbocycles. The Balaban J connectivity index is 1.53. The van der Waals surface area contributed by atoms with Crippen LogP contribution in [-0.2, 0) is 6.42 Å². The Hall–Kier alpha value is -1.36. The number of rotatable bonds is 3. The van der Waals surface area contributed by atoms with Gasteiger partial charge in [-0.2, -0.15) is 0 Å². The van der Waals surface area contributed by atoms with Crippen LogP contribution in [0.3, 0.4) is 0 Å². The molecule has 1 aromatic carbocycles.